The van der Waals surface area contributed by atoms with Crippen LogP contribution in [0.25, 0.3) is 0 Å². The van der Waals surface area contributed by atoms with E-state index in [4.69, 9.17) is 9.15 Å². The highest BCUT2D eigenvalue weighted by molar-refractivity contribution is 5.37. The van der Waals surface area contributed by atoms with Gasteiger partial charge in [0.15, 0.2) is 0 Å². The molecule has 7 nitrogen and oxygen atoms in total. The van der Waals surface area contributed by atoms with Crippen molar-refractivity contribution in [2.45, 2.75) is 26.1 Å². The topological polar surface area (TPSA) is 69.4 Å². The van der Waals surface area contributed by atoms with Gasteiger partial charge < -0.3 is 14.3 Å². The number of rotatable bonds is 8. The second-order valence-electron chi connectivity index (χ2n) is 9.38. The lowest BCUT2D eigenvalue weighted by Crippen LogP contribution is -2.47. The second kappa shape index (κ2) is 11.1. The van der Waals surface area contributed by atoms with Crippen LogP contribution in [-0.4, -0.2) is 65.7 Å². The summed E-state index contributed by atoms with van der Waals surface area (Å²) in [5, 5.41) is 11.0. The molecule has 0 radical (unpaired) electrons. The molecule has 2 aromatic carbocycles. The van der Waals surface area contributed by atoms with E-state index in [1.807, 2.05) is 30.3 Å². The Kier molecular flexibility index (Phi) is 7.47. The van der Waals surface area contributed by atoms with Crippen LogP contribution < -0.4 is 10.4 Å². The zero-order valence-electron chi connectivity index (χ0n) is 20.1. The summed E-state index contributed by atoms with van der Waals surface area (Å²) in [5.41, 5.74) is 3.30. The smallest absolute Gasteiger partial charge is 0.343 e. The normalized spacial score (nSPS) is 17.3. The summed E-state index contributed by atoms with van der Waals surface area (Å²) in [6, 6.07) is 18.3. The highest BCUT2D eigenvalue weighted by atomic mass is 16.5. The quantitative estimate of drug-likeness (QED) is 0.537. The molecule has 0 unspecified atom stereocenters. The lowest BCUT2D eigenvalue weighted by molar-refractivity contribution is 0.111. The molecule has 35 heavy (non-hydrogen) atoms. The molecule has 0 aliphatic carbocycles. The Morgan fingerprint density at radius 3 is 2.34 bits per heavy atom. The minimum atomic E-state index is -0.450. The minimum absolute atomic E-state index is 0.0822. The van der Waals surface area contributed by atoms with Crippen LogP contribution in [-0.2, 0) is 26.1 Å². The predicted molar refractivity (Wildman–Crippen MR) is 135 cm³/mol. The van der Waals surface area contributed by atoms with Crippen molar-refractivity contribution >= 4 is 0 Å². The number of benzene rings is 2. The molecular formula is C28H33N3O4. The van der Waals surface area contributed by atoms with Crippen molar-refractivity contribution in [1.82, 2.24) is 14.7 Å². The summed E-state index contributed by atoms with van der Waals surface area (Å²) in [7, 11) is 0. The monoisotopic (exact) mass is 475 g/mol. The van der Waals surface area contributed by atoms with Crippen LogP contribution >= 0.6 is 0 Å². The SMILES string of the molecule is O=c1occ(CN2CCc3ccccc3C2)c(O)c1CN1CCN(CCOc2ccccc2)CC1. The first-order valence-corrected chi connectivity index (χ1v) is 12.4. The Morgan fingerprint density at radius 1 is 0.829 bits per heavy atom. The van der Waals surface area contributed by atoms with Crippen LogP contribution in [0, 0.1) is 0 Å². The molecule has 0 atom stereocenters. The molecule has 3 heterocycles. The van der Waals surface area contributed by atoms with Crippen molar-refractivity contribution in [2.75, 3.05) is 45.9 Å². The largest absolute Gasteiger partial charge is 0.507 e. The molecule has 0 bridgehead atoms. The maximum absolute atomic E-state index is 12.5. The Balaban J connectivity index is 1.14. The summed E-state index contributed by atoms with van der Waals surface area (Å²) in [5.74, 6) is 0.973. The maximum atomic E-state index is 12.5. The van der Waals surface area contributed by atoms with Crippen molar-refractivity contribution in [2.24, 2.45) is 0 Å². The molecule has 0 spiro atoms. The van der Waals surface area contributed by atoms with Gasteiger partial charge in [0, 0.05) is 64.5 Å². The highest BCUT2D eigenvalue weighted by Gasteiger charge is 2.23. The van der Waals surface area contributed by atoms with E-state index >= 15 is 0 Å². The molecule has 2 aliphatic rings. The van der Waals surface area contributed by atoms with Gasteiger partial charge in [-0.05, 0) is 29.7 Å². The zero-order valence-corrected chi connectivity index (χ0v) is 20.1. The van der Waals surface area contributed by atoms with Gasteiger partial charge in [0.2, 0.25) is 0 Å². The number of ether oxygens (including phenoxy) is 1. The Morgan fingerprint density at radius 2 is 1.54 bits per heavy atom. The second-order valence-corrected chi connectivity index (χ2v) is 9.38. The van der Waals surface area contributed by atoms with Gasteiger partial charge in [0.05, 0.1) is 5.56 Å². The number of hydrogen-bond donors (Lipinski definition) is 1. The molecule has 2 aliphatic heterocycles. The van der Waals surface area contributed by atoms with Crippen LogP contribution in [0.2, 0.25) is 0 Å². The van der Waals surface area contributed by atoms with Crippen molar-refractivity contribution < 1.29 is 14.3 Å². The van der Waals surface area contributed by atoms with Gasteiger partial charge in [-0.3, -0.25) is 14.7 Å². The maximum Gasteiger partial charge on any atom is 0.343 e. The van der Waals surface area contributed by atoms with Gasteiger partial charge in [0.1, 0.15) is 24.4 Å². The fourth-order valence-electron chi connectivity index (χ4n) is 4.93. The van der Waals surface area contributed by atoms with Crippen molar-refractivity contribution in [3.8, 4) is 11.5 Å². The molecule has 0 saturated carbocycles. The van der Waals surface area contributed by atoms with Crippen molar-refractivity contribution in [3.63, 3.8) is 0 Å². The van der Waals surface area contributed by atoms with E-state index in [1.165, 1.54) is 17.4 Å². The first-order valence-electron chi connectivity index (χ1n) is 12.4. The molecule has 1 N–H and O–H groups in total. The lowest BCUT2D eigenvalue weighted by Gasteiger charge is -2.34. The molecule has 1 saturated heterocycles. The highest BCUT2D eigenvalue weighted by Crippen LogP contribution is 2.26. The summed E-state index contributed by atoms with van der Waals surface area (Å²) < 4.78 is 11.2. The van der Waals surface area contributed by atoms with E-state index in [2.05, 4.69) is 39.0 Å². The van der Waals surface area contributed by atoms with Gasteiger partial charge >= 0.3 is 5.63 Å². The predicted octanol–water partition coefficient (Wildman–Crippen LogP) is 3.10. The molecule has 184 valence electrons. The Labute approximate surface area is 206 Å². The van der Waals surface area contributed by atoms with Gasteiger partial charge in [0.25, 0.3) is 0 Å². The first-order chi connectivity index (χ1) is 17.2. The third-order valence-electron chi connectivity index (χ3n) is 7.01. The van der Waals surface area contributed by atoms with Gasteiger partial charge in [-0.25, -0.2) is 4.79 Å². The third kappa shape index (κ3) is 5.93. The summed E-state index contributed by atoms with van der Waals surface area (Å²) in [6.07, 6.45) is 2.41. The fourth-order valence-corrected chi connectivity index (χ4v) is 4.93. The molecule has 1 fully saturated rings. The Bertz CT molecular complexity index is 1170. The average molecular weight is 476 g/mol. The fraction of sp³-hybridized carbons (Fsp3) is 0.393. The Hall–Kier alpha value is -3.13. The first kappa shape index (κ1) is 23.6. The molecule has 3 aromatic rings. The summed E-state index contributed by atoms with van der Waals surface area (Å²) >= 11 is 0. The van der Waals surface area contributed by atoms with E-state index in [1.54, 1.807) is 0 Å². The van der Waals surface area contributed by atoms with Crippen LogP contribution in [0.4, 0.5) is 0 Å². The minimum Gasteiger partial charge on any atom is -0.507 e. The van der Waals surface area contributed by atoms with Crippen LogP contribution in [0.5, 0.6) is 11.5 Å². The lowest BCUT2D eigenvalue weighted by atomic mass is 9.99. The van der Waals surface area contributed by atoms with Crippen LogP contribution in [0.3, 0.4) is 0 Å². The van der Waals surface area contributed by atoms with Crippen LogP contribution in [0.15, 0.2) is 70.1 Å². The zero-order chi connectivity index (χ0) is 24.0. The number of fused-ring (bicyclic) bond motifs is 1. The van der Waals surface area contributed by atoms with Crippen LogP contribution in [0.1, 0.15) is 22.3 Å². The van der Waals surface area contributed by atoms with Gasteiger partial charge in [-0.1, -0.05) is 42.5 Å². The summed E-state index contributed by atoms with van der Waals surface area (Å²) in [6.45, 7) is 7.69. The number of piperazine rings is 1. The number of hydrogen-bond acceptors (Lipinski definition) is 7. The molecule has 5 rings (SSSR count). The van der Waals surface area contributed by atoms with E-state index in [9.17, 15) is 9.90 Å². The molecule has 0 amide bonds. The number of para-hydroxylation sites is 1. The van der Waals surface area contributed by atoms with E-state index in [0.717, 1.165) is 58.0 Å². The van der Waals surface area contributed by atoms with E-state index in [-0.39, 0.29) is 5.75 Å². The van der Waals surface area contributed by atoms with E-state index in [0.29, 0.717) is 30.8 Å². The van der Waals surface area contributed by atoms with Gasteiger partial charge in [-0.15, -0.1) is 0 Å². The van der Waals surface area contributed by atoms with Gasteiger partial charge in [-0.2, -0.15) is 0 Å². The molecule has 1 aromatic heterocycles. The third-order valence-corrected chi connectivity index (χ3v) is 7.01. The number of aromatic hydroxyl groups is 1. The van der Waals surface area contributed by atoms with Crippen molar-refractivity contribution in [3.05, 3.63) is 93.5 Å². The average Bonchev–Trinajstić information content (AvgIpc) is 2.90. The van der Waals surface area contributed by atoms with Crippen molar-refractivity contribution in [1.29, 1.82) is 0 Å². The summed E-state index contributed by atoms with van der Waals surface area (Å²) in [4.78, 5) is 19.3. The van der Waals surface area contributed by atoms with E-state index < -0.39 is 5.63 Å². The number of nitrogens with zero attached hydrogens (tertiary/aromatic N) is 3. The standard InChI is InChI=1S/C28H33N3O4/c32-27-24(19-31-11-10-22-6-4-5-7-23(22)18-31)21-35-28(33)26(27)20-30-14-12-29(13-15-30)16-17-34-25-8-2-1-3-9-25/h1-9,21,32H,10-20H2. The molecule has 7 heteroatoms. The molecular weight excluding hydrogens is 442 g/mol.